The van der Waals surface area contributed by atoms with Crippen LogP contribution in [-0.4, -0.2) is 30.0 Å². The van der Waals surface area contributed by atoms with Crippen LogP contribution in [0.15, 0.2) is 48.8 Å². The third kappa shape index (κ3) is 9.60. The molecule has 1 saturated carbocycles. The maximum Gasteiger partial charge on any atom is 0.319 e. The number of pyridine rings is 1. The minimum absolute atomic E-state index is 0. The number of rotatable bonds is 9. The van der Waals surface area contributed by atoms with Crippen molar-refractivity contribution in [2.75, 3.05) is 18.4 Å². The number of hydrogen-bond acceptors (Lipinski definition) is 4. The highest BCUT2D eigenvalue weighted by atomic mass is 35.5. The monoisotopic (exact) mass is 439 g/mol. The first-order chi connectivity index (χ1) is 13.2. The van der Waals surface area contributed by atoms with E-state index in [1.54, 1.807) is 12.4 Å². The van der Waals surface area contributed by atoms with E-state index in [2.05, 4.69) is 26.3 Å². The first-order valence-electron chi connectivity index (χ1n) is 9.19. The second kappa shape index (κ2) is 13.0. The van der Waals surface area contributed by atoms with Gasteiger partial charge in [-0.25, -0.2) is 4.79 Å². The predicted molar refractivity (Wildman–Crippen MR) is 118 cm³/mol. The summed E-state index contributed by atoms with van der Waals surface area (Å²) in [5, 5.41) is 11.7. The largest absolute Gasteiger partial charge is 0.351 e. The first kappa shape index (κ1) is 24.7. The summed E-state index contributed by atoms with van der Waals surface area (Å²) in [6.45, 7) is 2.11. The molecule has 0 aliphatic heterocycles. The standard InChI is InChI=1S/C20H25N5O2.2ClH/c26-19(14-22-11-15-4-5-15)23-13-17-2-1-3-18(10-17)25-20(27)24-12-16-6-8-21-9-7-16;;/h1-3,6-10,15,22H,4-5,11-14H2,(H,23,26)(H2,24,25,27);2*1H. The van der Waals surface area contributed by atoms with Crippen LogP contribution in [-0.2, 0) is 17.9 Å². The van der Waals surface area contributed by atoms with E-state index in [1.165, 1.54) is 12.8 Å². The number of carbonyl (C=O) groups excluding carboxylic acids is 2. The van der Waals surface area contributed by atoms with Gasteiger partial charge in [-0.2, -0.15) is 0 Å². The molecule has 1 fully saturated rings. The van der Waals surface area contributed by atoms with Gasteiger partial charge in [0.2, 0.25) is 5.91 Å². The van der Waals surface area contributed by atoms with Crippen LogP contribution in [0.4, 0.5) is 10.5 Å². The van der Waals surface area contributed by atoms with Crippen molar-refractivity contribution in [1.29, 1.82) is 0 Å². The summed E-state index contributed by atoms with van der Waals surface area (Å²) in [5.41, 5.74) is 2.59. The Balaban J connectivity index is 0.00000210. The number of nitrogens with zero attached hydrogens (tertiary/aromatic N) is 1. The molecule has 158 valence electrons. The van der Waals surface area contributed by atoms with E-state index in [9.17, 15) is 9.59 Å². The summed E-state index contributed by atoms with van der Waals surface area (Å²) < 4.78 is 0. The van der Waals surface area contributed by atoms with Gasteiger partial charge >= 0.3 is 6.03 Å². The summed E-state index contributed by atoms with van der Waals surface area (Å²) in [5.74, 6) is 0.731. The Morgan fingerprint density at radius 1 is 0.966 bits per heavy atom. The zero-order chi connectivity index (χ0) is 18.9. The van der Waals surface area contributed by atoms with Crippen molar-refractivity contribution in [1.82, 2.24) is 20.9 Å². The van der Waals surface area contributed by atoms with Crippen molar-refractivity contribution in [3.8, 4) is 0 Å². The summed E-state index contributed by atoms with van der Waals surface area (Å²) in [6.07, 6.45) is 5.91. The fourth-order valence-electron chi connectivity index (χ4n) is 2.59. The molecule has 0 saturated heterocycles. The van der Waals surface area contributed by atoms with E-state index in [-0.39, 0.29) is 36.8 Å². The lowest BCUT2D eigenvalue weighted by Crippen LogP contribution is -2.34. The molecule has 1 aliphatic carbocycles. The quantitative estimate of drug-likeness (QED) is 0.482. The van der Waals surface area contributed by atoms with Gasteiger partial charge in [0.05, 0.1) is 6.54 Å². The number of nitrogens with one attached hydrogen (secondary N) is 4. The van der Waals surface area contributed by atoms with Crippen molar-refractivity contribution < 1.29 is 9.59 Å². The molecule has 1 aromatic heterocycles. The van der Waals surface area contributed by atoms with Crippen LogP contribution in [0.1, 0.15) is 24.0 Å². The normalized spacial score (nSPS) is 12.1. The molecule has 0 unspecified atom stereocenters. The van der Waals surface area contributed by atoms with Crippen molar-refractivity contribution in [3.63, 3.8) is 0 Å². The Hall–Kier alpha value is -2.35. The minimum atomic E-state index is -0.280. The van der Waals surface area contributed by atoms with Gasteiger partial charge in [0.1, 0.15) is 0 Å². The Labute approximate surface area is 183 Å². The molecule has 7 nitrogen and oxygen atoms in total. The van der Waals surface area contributed by atoms with Gasteiger partial charge in [-0.1, -0.05) is 12.1 Å². The van der Waals surface area contributed by atoms with Gasteiger partial charge in [-0.15, -0.1) is 24.8 Å². The molecule has 1 aliphatic rings. The molecule has 3 amide bonds. The van der Waals surface area contributed by atoms with Gasteiger partial charge < -0.3 is 21.3 Å². The fraction of sp³-hybridized carbons (Fsp3) is 0.350. The van der Waals surface area contributed by atoms with Crippen LogP contribution >= 0.6 is 24.8 Å². The van der Waals surface area contributed by atoms with Gasteiger partial charge in [-0.05, 0) is 60.7 Å². The fourth-order valence-corrected chi connectivity index (χ4v) is 2.59. The molecule has 0 bridgehead atoms. The molecule has 3 rings (SSSR count). The molecule has 29 heavy (non-hydrogen) atoms. The maximum absolute atomic E-state index is 12.0. The van der Waals surface area contributed by atoms with E-state index in [0.717, 1.165) is 23.6 Å². The molecule has 0 spiro atoms. The summed E-state index contributed by atoms with van der Waals surface area (Å²) in [7, 11) is 0. The highest BCUT2D eigenvalue weighted by molar-refractivity contribution is 5.89. The Morgan fingerprint density at radius 2 is 1.69 bits per heavy atom. The molecule has 4 N–H and O–H groups in total. The second-order valence-corrected chi connectivity index (χ2v) is 6.71. The first-order valence-corrected chi connectivity index (χ1v) is 9.19. The zero-order valence-corrected chi connectivity index (χ0v) is 17.7. The van der Waals surface area contributed by atoms with Crippen LogP contribution < -0.4 is 21.3 Å². The topological polar surface area (TPSA) is 95.2 Å². The number of anilines is 1. The number of urea groups is 1. The predicted octanol–water partition coefficient (Wildman–Crippen LogP) is 2.86. The number of hydrogen-bond donors (Lipinski definition) is 4. The third-order valence-corrected chi connectivity index (χ3v) is 4.29. The van der Waals surface area contributed by atoms with Gasteiger partial charge in [-0.3, -0.25) is 9.78 Å². The van der Waals surface area contributed by atoms with E-state index < -0.39 is 0 Å². The van der Waals surface area contributed by atoms with Crippen molar-refractivity contribution >= 4 is 42.4 Å². The van der Waals surface area contributed by atoms with Crippen molar-refractivity contribution in [2.24, 2.45) is 5.92 Å². The molecule has 1 heterocycles. The SMILES string of the molecule is Cl.Cl.O=C(CNCC1CC1)NCc1cccc(NC(=O)NCc2ccncc2)c1. The summed E-state index contributed by atoms with van der Waals surface area (Å²) >= 11 is 0. The molecule has 0 radical (unpaired) electrons. The van der Waals surface area contributed by atoms with Crippen LogP contribution in [0.25, 0.3) is 0 Å². The highest BCUT2D eigenvalue weighted by Gasteiger charge is 2.20. The van der Waals surface area contributed by atoms with E-state index in [4.69, 9.17) is 0 Å². The van der Waals surface area contributed by atoms with Crippen LogP contribution in [0.2, 0.25) is 0 Å². The van der Waals surface area contributed by atoms with Crippen LogP contribution in [0.5, 0.6) is 0 Å². The lowest BCUT2D eigenvalue weighted by Gasteiger charge is -2.10. The number of amides is 3. The smallest absolute Gasteiger partial charge is 0.319 e. The number of benzene rings is 1. The lowest BCUT2D eigenvalue weighted by atomic mass is 10.2. The summed E-state index contributed by atoms with van der Waals surface area (Å²) in [4.78, 5) is 27.8. The zero-order valence-electron chi connectivity index (χ0n) is 16.0. The molecular weight excluding hydrogens is 413 g/mol. The average Bonchev–Trinajstić information content (AvgIpc) is 3.50. The van der Waals surface area contributed by atoms with Crippen LogP contribution in [0, 0.1) is 5.92 Å². The molecule has 1 aromatic carbocycles. The Kier molecular flexibility index (Phi) is 11.1. The number of aromatic nitrogens is 1. The van der Waals surface area contributed by atoms with Gasteiger partial charge in [0.15, 0.2) is 0 Å². The maximum atomic E-state index is 12.0. The lowest BCUT2D eigenvalue weighted by molar-refractivity contribution is -0.120. The Morgan fingerprint density at radius 3 is 2.41 bits per heavy atom. The summed E-state index contributed by atoms with van der Waals surface area (Å²) in [6, 6.07) is 10.9. The van der Waals surface area contributed by atoms with E-state index in [1.807, 2.05) is 36.4 Å². The van der Waals surface area contributed by atoms with Crippen molar-refractivity contribution in [2.45, 2.75) is 25.9 Å². The molecular formula is C20H27Cl2N5O2. The number of carbonyl (C=O) groups is 2. The molecule has 0 atom stereocenters. The second-order valence-electron chi connectivity index (χ2n) is 6.71. The third-order valence-electron chi connectivity index (χ3n) is 4.29. The van der Waals surface area contributed by atoms with E-state index in [0.29, 0.717) is 25.3 Å². The molecule has 2 aromatic rings. The van der Waals surface area contributed by atoms with E-state index >= 15 is 0 Å². The van der Waals surface area contributed by atoms with Crippen molar-refractivity contribution in [3.05, 3.63) is 59.9 Å². The highest BCUT2D eigenvalue weighted by Crippen LogP contribution is 2.27. The Bertz CT molecular complexity index is 772. The molecule has 9 heteroatoms. The van der Waals surface area contributed by atoms with Gasteiger partial charge in [0.25, 0.3) is 0 Å². The van der Waals surface area contributed by atoms with Gasteiger partial charge in [0, 0.05) is 31.2 Å². The minimum Gasteiger partial charge on any atom is -0.351 e. The average molecular weight is 440 g/mol. The number of halogens is 2. The van der Waals surface area contributed by atoms with Crippen LogP contribution in [0.3, 0.4) is 0 Å².